The Hall–Kier alpha value is -1.25. The third kappa shape index (κ3) is 3.69. The van der Waals surface area contributed by atoms with Gasteiger partial charge in [-0.05, 0) is 13.3 Å². The van der Waals surface area contributed by atoms with E-state index in [0.717, 1.165) is 0 Å². The fourth-order valence-electron chi connectivity index (χ4n) is 2.31. The van der Waals surface area contributed by atoms with Crippen molar-refractivity contribution in [3.8, 4) is 0 Å². The summed E-state index contributed by atoms with van der Waals surface area (Å²) in [4.78, 5) is 33.4. The summed E-state index contributed by atoms with van der Waals surface area (Å²) in [6.45, 7) is 3.51. The van der Waals surface area contributed by atoms with Gasteiger partial charge in [0.25, 0.3) is 0 Å². The summed E-state index contributed by atoms with van der Waals surface area (Å²) in [6.07, 6.45) is 0.178. The minimum Gasteiger partial charge on any atom is -0.383 e. The number of aryl methyl sites for hydroxylation is 1. The summed E-state index contributed by atoms with van der Waals surface area (Å²) < 4.78 is 22.6. The van der Waals surface area contributed by atoms with Crippen LogP contribution in [0.2, 0.25) is 0 Å². The highest BCUT2D eigenvalue weighted by molar-refractivity contribution is 7.46. The molecule has 21 heavy (non-hydrogen) atoms. The number of nitrogens with two attached hydrogens (primary N) is 1. The third-order valence-electron chi connectivity index (χ3n) is 3.34. The number of phosphoric acid groups is 1. The molecule has 118 valence electrons. The molecule has 4 N–H and O–H groups in total. The van der Waals surface area contributed by atoms with Gasteiger partial charge >= 0.3 is 13.5 Å². The Morgan fingerprint density at radius 2 is 2.29 bits per heavy atom. The topological polar surface area (TPSA) is 137 Å². The van der Waals surface area contributed by atoms with Crippen LogP contribution >= 0.6 is 7.82 Å². The maximum absolute atomic E-state index is 11.9. The molecule has 1 aromatic rings. The Morgan fingerprint density at radius 1 is 1.62 bits per heavy atom. The molecule has 0 spiro atoms. The molecule has 1 unspecified atom stereocenters. The quantitative estimate of drug-likeness (QED) is 0.674. The predicted octanol–water partition coefficient (Wildman–Crippen LogP) is 0.309. The van der Waals surface area contributed by atoms with Crippen LogP contribution in [0.25, 0.3) is 0 Å². The maximum atomic E-state index is 11.9. The smallest absolute Gasteiger partial charge is 0.383 e. The number of hydrogen-bond donors (Lipinski definition) is 3. The molecule has 2 rings (SSSR count). The van der Waals surface area contributed by atoms with Crippen LogP contribution in [-0.4, -0.2) is 31.5 Å². The van der Waals surface area contributed by atoms with E-state index in [4.69, 9.17) is 24.8 Å². The van der Waals surface area contributed by atoms with Gasteiger partial charge in [0.05, 0.1) is 12.2 Å². The van der Waals surface area contributed by atoms with Gasteiger partial charge in [-0.3, -0.25) is 9.09 Å². The molecule has 0 radical (unpaired) electrons. The fourth-order valence-corrected chi connectivity index (χ4v) is 2.88. The number of hydrogen-bond acceptors (Lipinski definition) is 6. The van der Waals surface area contributed by atoms with Crippen LogP contribution in [0.15, 0.2) is 11.0 Å². The Balaban J connectivity index is 2.25. The molecular weight excluding hydrogens is 301 g/mol. The second-order valence-electron chi connectivity index (χ2n) is 4.91. The van der Waals surface area contributed by atoms with Gasteiger partial charge in [-0.15, -0.1) is 0 Å². The normalized spacial score (nSPS) is 26.2. The zero-order valence-electron chi connectivity index (χ0n) is 11.7. The van der Waals surface area contributed by atoms with Crippen LogP contribution in [0.1, 0.15) is 31.6 Å². The van der Waals surface area contributed by atoms with E-state index in [9.17, 15) is 9.36 Å². The number of phosphoric ester groups is 1. The predicted molar refractivity (Wildman–Crippen MR) is 73.4 cm³/mol. The maximum Gasteiger partial charge on any atom is 0.469 e. The largest absolute Gasteiger partial charge is 0.469 e. The van der Waals surface area contributed by atoms with Gasteiger partial charge in [0.2, 0.25) is 0 Å². The van der Waals surface area contributed by atoms with E-state index in [-0.39, 0.29) is 12.2 Å². The first-order valence-electron chi connectivity index (χ1n) is 6.46. The molecule has 1 aliphatic heterocycles. The average Bonchev–Trinajstić information content (AvgIpc) is 2.74. The van der Waals surface area contributed by atoms with Crippen LogP contribution in [0.5, 0.6) is 0 Å². The van der Waals surface area contributed by atoms with Gasteiger partial charge < -0.3 is 20.3 Å². The van der Waals surface area contributed by atoms with E-state index in [1.165, 1.54) is 10.8 Å². The lowest BCUT2D eigenvalue weighted by atomic mass is 10.1. The van der Waals surface area contributed by atoms with E-state index >= 15 is 0 Å². The van der Waals surface area contributed by atoms with Gasteiger partial charge in [-0.25, -0.2) is 9.36 Å². The van der Waals surface area contributed by atoms with E-state index in [1.807, 2.05) is 0 Å². The zero-order valence-corrected chi connectivity index (χ0v) is 12.6. The van der Waals surface area contributed by atoms with Gasteiger partial charge in [0, 0.05) is 18.2 Å². The molecule has 0 amide bonds. The Kier molecular flexibility index (Phi) is 4.50. The van der Waals surface area contributed by atoms with Crippen LogP contribution in [0, 0.1) is 6.92 Å². The van der Waals surface area contributed by atoms with Crippen molar-refractivity contribution in [3.05, 3.63) is 22.2 Å². The van der Waals surface area contributed by atoms with Crippen molar-refractivity contribution in [2.75, 3.05) is 5.73 Å². The van der Waals surface area contributed by atoms with Crippen molar-refractivity contribution in [2.24, 2.45) is 0 Å². The summed E-state index contributed by atoms with van der Waals surface area (Å²) in [7, 11) is -4.62. The number of nitrogen functional groups attached to an aromatic ring is 1. The third-order valence-corrected chi connectivity index (χ3v) is 3.88. The zero-order chi connectivity index (χ0) is 15.8. The molecule has 3 atom stereocenters. The number of anilines is 1. The SMILES string of the molecule is CC[C@H]1O[C@@H](n2cc(C)c(N)nc2=O)CC1OP(=O)(O)O. The first-order chi connectivity index (χ1) is 9.71. The van der Waals surface area contributed by atoms with Crippen LogP contribution in [0.4, 0.5) is 5.82 Å². The minimum absolute atomic E-state index is 0.143. The first-order valence-corrected chi connectivity index (χ1v) is 7.99. The van der Waals surface area contributed by atoms with Crippen molar-refractivity contribution < 1.29 is 23.6 Å². The second-order valence-corrected chi connectivity index (χ2v) is 6.10. The highest BCUT2D eigenvalue weighted by Crippen LogP contribution is 2.44. The number of aromatic nitrogens is 2. The van der Waals surface area contributed by atoms with E-state index in [2.05, 4.69) is 4.98 Å². The van der Waals surface area contributed by atoms with Crippen molar-refractivity contribution in [2.45, 2.75) is 45.1 Å². The molecule has 1 saturated heterocycles. The Morgan fingerprint density at radius 3 is 2.86 bits per heavy atom. The first kappa shape index (κ1) is 16.1. The van der Waals surface area contributed by atoms with Gasteiger partial charge in [0.15, 0.2) is 0 Å². The summed E-state index contributed by atoms with van der Waals surface area (Å²) in [5.74, 6) is 0.143. The van der Waals surface area contributed by atoms with E-state index in [1.54, 1.807) is 13.8 Å². The van der Waals surface area contributed by atoms with E-state index in [0.29, 0.717) is 12.0 Å². The minimum atomic E-state index is -4.62. The van der Waals surface area contributed by atoms with Gasteiger partial charge in [-0.1, -0.05) is 6.92 Å². The second kappa shape index (κ2) is 5.86. The average molecular weight is 319 g/mol. The highest BCUT2D eigenvalue weighted by atomic mass is 31.2. The monoisotopic (exact) mass is 319 g/mol. The van der Waals surface area contributed by atoms with E-state index < -0.39 is 31.9 Å². The molecule has 2 heterocycles. The molecule has 0 bridgehead atoms. The molecule has 0 saturated carbocycles. The van der Waals surface area contributed by atoms with Gasteiger partial charge in [-0.2, -0.15) is 4.98 Å². The van der Waals surface area contributed by atoms with Crippen LogP contribution in [0.3, 0.4) is 0 Å². The lowest BCUT2D eigenvalue weighted by molar-refractivity contribution is -0.0215. The van der Waals surface area contributed by atoms with Gasteiger partial charge in [0.1, 0.15) is 12.0 Å². The van der Waals surface area contributed by atoms with Crippen molar-refractivity contribution in [1.29, 1.82) is 0 Å². The van der Waals surface area contributed by atoms with Crippen LogP contribution in [-0.2, 0) is 13.8 Å². The Labute approximate surface area is 120 Å². The molecule has 9 nitrogen and oxygen atoms in total. The lowest BCUT2D eigenvalue weighted by Crippen LogP contribution is -2.28. The standard InChI is InChI=1S/C11H18N3O6P/c1-3-7-8(20-21(16,17)18)4-9(19-7)14-5-6(2)10(12)13-11(14)15/h5,7-9H,3-4H2,1-2H3,(H2,12,13,15)(H2,16,17,18)/t7-,8?,9-/m1/s1. The number of ether oxygens (including phenoxy) is 1. The molecular formula is C11H18N3O6P. The molecule has 1 aliphatic rings. The fraction of sp³-hybridized carbons (Fsp3) is 0.636. The lowest BCUT2D eigenvalue weighted by Gasteiger charge is -2.17. The molecule has 10 heteroatoms. The molecule has 1 aromatic heterocycles. The highest BCUT2D eigenvalue weighted by Gasteiger charge is 2.40. The number of nitrogens with zero attached hydrogens (tertiary/aromatic N) is 2. The van der Waals surface area contributed by atoms with Crippen molar-refractivity contribution in [1.82, 2.24) is 9.55 Å². The van der Waals surface area contributed by atoms with Crippen molar-refractivity contribution >= 4 is 13.6 Å². The van der Waals surface area contributed by atoms with Crippen molar-refractivity contribution in [3.63, 3.8) is 0 Å². The molecule has 0 aromatic carbocycles. The summed E-state index contributed by atoms with van der Waals surface area (Å²) >= 11 is 0. The van der Waals surface area contributed by atoms with Crippen LogP contribution < -0.4 is 11.4 Å². The number of rotatable bonds is 4. The summed E-state index contributed by atoms with van der Waals surface area (Å²) in [6, 6.07) is 0. The molecule has 1 fully saturated rings. The Bertz CT molecular complexity index is 627. The summed E-state index contributed by atoms with van der Waals surface area (Å²) in [5.41, 5.74) is 5.60. The molecule has 0 aliphatic carbocycles. The summed E-state index contributed by atoms with van der Waals surface area (Å²) in [5, 5.41) is 0.